The first-order chi connectivity index (χ1) is 8.75. The molecule has 3 N–H and O–H groups in total. The number of anilines is 3. The maximum Gasteiger partial charge on any atom is 0.136 e. The molecule has 0 fully saturated rings. The zero-order chi connectivity index (χ0) is 12.5. The van der Waals surface area contributed by atoms with Crippen LogP contribution in [0.1, 0.15) is 0 Å². The number of rotatable bonds is 2. The summed E-state index contributed by atoms with van der Waals surface area (Å²) in [5.74, 6) is 0. The van der Waals surface area contributed by atoms with Gasteiger partial charge in [0, 0.05) is 5.39 Å². The molecule has 90 valence electrons. The summed E-state index contributed by atoms with van der Waals surface area (Å²) in [5.41, 5.74) is 8.89. The number of benzene rings is 2. The zero-order valence-corrected chi connectivity index (χ0v) is 10.2. The van der Waals surface area contributed by atoms with Gasteiger partial charge in [-0.2, -0.15) is 0 Å². The van der Waals surface area contributed by atoms with Gasteiger partial charge in [0.1, 0.15) is 11.8 Å². The second kappa shape index (κ2) is 4.27. The molecule has 4 heteroatoms. The monoisotopic (exact) mass is 258 g/mol. The van der Waals surface area contributed by atoms with E-state index in [2.05, 4.69) is 5.32 Å². The number of hydrogen-bond acceptors (Lipinski definition) is 3. The maximum absolute atomic E-state index is 6.12. The molecule has 1 aromatic heterocycles. The van der Waals surface area contributed by atoms with Crippen molar-refractivity contribution in [2.45, 2.75) is 0 Å². The van der Waals surface area contributed by atoms with E-state index < -0.39 is 0 Å². The van der Waals surface area contributed by atoms with E-state index in [9.17, 15) is 0 Å². The summed E-state index contributed by atoms with van der Waals surface area (Å²) >= 11 is 6.12. The molecule has 2 aromatic carbocycles. The predicted molar refractivity (Wildman–Crippen MR) is 75.4 cm³/mol. The Bertz CT molecular complexity index is 686. The lowest BCUT2D eigenvalue weighted by molar-refractivity contribution is 0.617. The fourth-order valence-corrected chi connectivity index (χ4v) is 2.11. The number of halogens is 1. The first-order valence-electron chi connectivity index (χ1n) is 5.53. The van der Waals surface area contributed by atoms with Gasteiger partial charge < -0.3 is 15.5 Å². The van der Waals surface area contributed by atoms with E-state index in [-0.39, 0.29) is 0 Å². The molecule has 0 radical (unpaired) electrons. The summed E-state index contributed by atoms with van der Waals surface area (Å²) in [6.07, 6.45) is 1.66. The normalized spacial score (nSPS) is 10.7. The Balaban J connectivity index is 2.07. The highest BCUT2D eigenvalue weighted by molar-refractivity contribution is 6.34. The van der Waals surface area contributed by atoms with Crippen molar-refractivity contribution in [3.63, 3.8) is 0 Å². The molecule has 0 atom stereocenters. The summed E-state index contributed by atoms with van der Waals surface area (Å²) in [4.78, 5) is 0. The van der Waals surface area contributed by atoms with Crippen LogP contribution >= 0.6 is 11.6 Å². The second-order valence-corrected chi connectivity index (χ2v) is 4.38. The average molecular weight is 259 g/mol. The topological polar surface area (TPSA) is 51.2 Å². The maximum atomic E-state index is 6.12. The standard InChI is InChI=1S/C14H11ClN2O/c15-10-5-3-6-11(16)14(10)17-12-8-18-13-7-2-1-4-9(12)13/h1-8,17H,16H2. The van der Waals surface area contributed by atoms with Crippen LogP contribution in [0, 0.1) is 0 Å². The SMILES string of the molecule is Nc1cccc(Cl)c1Nc1coc2ccccc12. The van der Waals surface area contributed by atoms with Crippen LogP contribution in [0.25, 0.3) is 11.0 Å². The van der Waals surface area contributed by atoms with E-state index in [1.165, 1.54) is 0 Å². The minimum atomic E-state index is 0.584. The molecule has 3 aromatic rings. The van der Waals surface area contributed by atoms with Gasteiger partial charge in [-0.05, 0) is 24.3 Å². The van der Waals surface area contributed by atoms with Crippen molar-refractivity contribution < 1.29 is 4.42 Å². The Kier molecular flexibility index (Phi) is 2.61. The summed E-state index contributed by atoms with van der Waals surface area (Å²) in [7, 11) is 0. The number of nitrogens with two attached hydrogens (primary N) is 1. The highest BCUT2D eigenvalue weighted by Crippen LogP contribution is 2.34. The molecule has 0 amide bonds. The third kappa shape index (κ3) is 1.79. The van der Waals surface area contributed by atoms with Gasteiger partial charge in [-0.1, -0.05) is 29.8 Å². The van der Waals surface area contributed by atoms with Crippen LogP contribution < -0.4 is 11.1 Å². The van der Waals surface area contributed by atoms with Gasteiger partial charge in [0.05, 0.1) is 22.1 Å². The third-order valence-electron chi connectivity index (χ3n) is 2.79. The van der Waals surface area contributed by atoms with Crippen LogP contribution in [0.5, 0.6) is 0 Å². The summed E-state index contributed by atoms with van der Waals surface area (Å²) in [6, 6.07) is 13.2. The molecule has 18 heavy (non-hydrogen) atoms. The number of fused-ring (bicyclic) bond motifs is 1. The number of nitrogens with one attached hydrogen (secondary N) is 1. The predicted octanol–water partition coefficient (Wildman–Crippen LogP) is 4.41. The van der Waals surface area contributed by atoms with E-state index >= 15 is 0 Å². The van der Waals surface area contributed by atoms with Crippen LogP contribution in [0.15, 0.2) is 53.1 Å². The fourth-order valence-electron chi connectivity index (χ4n) is 1.88. The lowest BCUT2D eigenvalue weighted by atomic mass is 10.2. The lowest BCUT2D eigenvalue weighted by Crippen LogP contribution is -1.96. The number of hydrogen-bond donors (Lipinski definition) is 2. The van der Waals surface area contributed by atoms with E-state index in [0.717, 1.165) is 16.7 Å². The lowest BCUT2D eigenvalue weighted by Gasteiger charge is -2.09. The van der Waals surface area contributed by atoms with Gasteiger partial charge in [-0.25, -0.2) is 0 Å². The Morgan fingerprint density at radius 3 is 2.72 bits per heavy atom. The Hall–Kier alpha value is -2.13. The van der Waals surface area contributed by atoms with Gasteiger partial charge in [-0.15, -0.1) is 0 Å². The van der Waals surface area contributed by atoms with Crippen molar-refractivity contribution in [3.8, 4) is 0 Å². The van der Waals surface area contributed by atoms with E-state index in [4.69, 9.17) is 21.8 Å². The van der Waals surface area contributed by atoms with Crippen molar-refractivity contribution in [1.29, 1.82) is 0 Å². The summed E-state index contributed by atoms with van der Waals surface area (Å²) < 4.78 is 5.45. The Morgan fingerprint density at radius 2 is 1.89 bits per heavy atom. The van der Waals surface area contributed by atoms with Crippen molar-refractivity contribution in [2.24, 2.45) is 0 Å². The fraction of sp³-hybridized carbons (Fsp3) is 0. The van der Waals surface area contributed by atoms with Crippen molar-refractivity contribution in [1.82, 2.24) is 0 Å². The van der Waals surface area contributed by atoms with E-state index in [1.54, 1.807) is 18.4 Å². The molecular weight excluding hydrogens is 248 g/mol. The largest absolute Gasteiger partial charge is 0.462 e. The van der Waals surface area contributed by atoms with E-state index in [0.29, 0.717) is 16.4 Å². The molecule has 0 aliphatic carbocycles. The van der Waals surface area contributed by atoms with Gasteiger partial charge >= 0.3 is 0 Å². The highest BCUT2D eigenvalue weighted by Gasteiger charge is 2.09. The molecular formula is C14H11ClN2O. The highest BCUT2D eigenvalue weighted by atomic mass is 35.5. The van der Waals surface area contributed by atoms with Crippen LogP contribution in [-0.2, 0) is 0 Å². The molecule has 0 unspecified atom stereocenters. The molecule has 0 aliphatic heterocycles. The Morgan fingerprint density at radius 1 is 1.06 bits per heavy atom. The third-order valence-corrected chi connectivity index (χ3v) is 3.10. The average Bonchev–Trinajstić information content (AvgIpc) is 2.77. The van der Waals surface area contributed by atoms with Crippen LogP contribution in [0.2, 0.25) is 5.02 Å². The van der Waals surface area contributed by atoms with E-state index in [1.807, 2.05) is 30.3 Å². The van der Waals surface area contributed by atoms with Gasteiger partial charge in [0.25, 0.3) is 0 Å². The first-order valence-corrected chi connectivity index (χ1v) is 5.91. The molecule has 1 heterocycles. The van der Waals surface area contributed by atoms with Gasteiger partial charge in [0.15, 0.2) is 0 Å². The number of para-hydroxylation sites is 2. The molecule has 0 spiro atoms. The van der Waals surface area contributed by atoms with Crippen molar-refractivity contribution >= 4 is 39.6 Å². The molecule has 3 rings (SSSR count). The quantitative estimate of drug-likeness (QED) is 0.670. The molecule has 0 aliphatic rings. The first kappa shape index (κ1) is 11.0. The Labute approximate surface area is 109 Å². The smallest absolute Gasteiger partial charge is 0.136 e. The zero-order valence-electron chi connectivity index (χ0n) is 9.48. The molecule has 3 nitrogen and oxygen atoms in total. The molecule has 0 bridgehead atoms. The number of furan rings is 1. The van der Waals surface area contributed by atoms with Crippen LogP contribution in [-0.4, -0.2) is 0 Å². The van der Waals surface area contributed by atoms with Crippen LogP contribution in [0.4, 0.5) is 17.1 Å². The summed E-state index contributed by atoms with van der Waals surface area (Å²) in [5, 5.41) is 4.79. The molecule has 0 saturated heterocycles. The van der Waals surface area contributed by atoms with Crippen molar-refractivity contribution in [3.05, 3.63) is 53.8 Å². The van der Waals surface area contributed by atoms with Crippen LogP contribution in [0.3, 0.4) is 0 Å². The van der Waals surface area contributed by atoms with Gasteiger partial charge in [-0.3, -0.25) is 0 Å². The molecule has 0 saturated carbocycles. The minimum Gasteiger partial charge on any atom is -0.462 e. The number of nitrogen functional groups attached to an aromatic ring is 1. The van der Waals surface area contributed by atoms with Crippen molar-refractivity contribution in [2.75, 3.05) is 11.1 Å². The minimum absolute atomic E-state index is 0.584. The summed E-state index contributed by atoms with van der Waals surface area (Å²) in [6.45, 7) is 0. The van der Waals surface area contributed by atoms with Gasteiger partial charge in [0.2, 0.25) is 0 Å². The second-order valence-electron chi connectivity index (χ2n) is 3.97.